The molecular formula is C28H54O3Si4. The Kier molecular flexibility index (Phi) is 8.66. The van der Waals surface area contributed by atoms with Crippen molar-refractivity contribution in [3.63, 3.8) is 0 Å². The lowest BCUT2D eigenvalue weighted by Gasteiger charge is -2.73. The van der Waals surface area contributed by atoms with Crippen molar-refractivity contribution in [2.24, 2.45) is 0 Å². The number of hydrogen-bond donors (Lipinski definition) is 0. The molecule has 35 heavy (non-hydrogen) atoms. The molecule has 0 saturated carbocycles. The largest absolute Gasteiger partial charge is 0.381 e. The van der Waals surface area contributed by atoms with Crippen LogP contribution in [0.4, 0.5) is 0 Å². The van der Waals surface area contributed by atoms with E-state index >= 15 is 0 Å². The summed E-state index contributed by atoms with van der Waals surface area (Å²) in [5, 5.41) is 0. The third-order valence-electron chi connectivity index (χ3n) is 10.9. The Bertz CT molecular complexity index is 683. The molecule has 0 aromatic rings. The van der Waals surface area contributed by atoms with Gasteiger partial charge in [-0.3, -0.25) is 0 Å². The maximum absolute atomic E-state index is 7.39. The van der Waals surface area contributed by atoms with Gasteiger partial charge in [0.05, 0.1) is 14.5 Å². The molecule has 3 rings (SSSR count). The van der Waals surface area contributed by atoms with Crippen LogP contribution < -0.4 is 0 Å². The molecule has 3 fully saturated rings. The second kappa shape index (κ2) is 10.3. The molecular weight excluding hydrogens is 497 g/mol. The lowest BCUT2D eigenvalue weighted by atomic mass is 10.2. The molecule has 3 nitrogen and oxygen atoms in total. The Morgan fingerprint density at radius 1 is 0.486 bits per heavy atom. The summed E-state index contributed by atoms with van der Waals surface area (Å²) in [5.74, 6) is 0. The van der Waals surface area contributed by atoms with Gasteiger partial charge in [0.2, 0.25) is 0 Å². The van der Waals surface area contributed by atoms with Gasteiger partial charge in [-0.05, 0) is 57.8 Å². The zero-order valence-electron chi connectivity index (χ0n) is 24.1. The highest BCUT2D eigenvalue weighted by Gasteiger charge is 2.81. The van der Waals surface area contributed by atoms with Crippen LogP contribution in [0.2, 0.25) is 45.8 Å². The molecule has 3 heterocycles. The highest BCUT2D eigenvalue weighted by molar-refractivity contribution is 7.17. The molecule has 200 valence electrons. The Hall–Kier alpha value is -0.0325. The fraction of sp³-hybridized carbons (Fsp3) is 0.786. The first-order valence-electron chi connectivity index (χ1n) is 14.1. The van der Waals surface area contributed by atoms with E-state index in [-0.39, 0.29) is 14.5 Å². The first kappa shape index (κ1) is 29.5. The van der Waals surface area contributed by atoms with Crippen molar-refractivity contribution in [2.75, 3.05) is 19.8 Å². The zero-order chi connectivity index (χ0) is 26.2. The molecule has 0 N–H and O–H groups in total. The fourth-order valence-electron chi connectivity index (χ4n) is 8.50. The molecule has 0 bridgehead atoms. The second-order valence-electron chi connectivity index (χ2n) is 13.3. The molecule has 7 heteroatoms. The number of rotatable bonds is 9. The van der Waals surface area contributed by atoms with Crippen LogP contribution in [0.3, 0.4) is 0 Å². The van der Waals surface area contributed by atoms with Crippen LogP contribution in [-0.4, -0.2) is 66.7 Å². The van der Waals surface area contributed by atoms with Crippen LogP contribution in [0.5, 0.6) is 0 Å². The highest BCUT2D eigenvalue weighted by Crippen LogP contribution is 2.61. The maximum Gasteiger partial charge on any atom is 0.150 e. The smallest absolute Gasteiger partial charge is 0.150 e. The Labute approximate surface area is 220 Å². The normalized spacial score (nSPS) is 35.1. The van der Waals surface area contributed by atoms with E-state index < -0.39 is 32.3 Å². The molecule has 0 aliphatic carbocycles. The van der Waals surface area contributed by atoms with Crippen molar-refractivity contribution in [1.29, 1.82) is 0 Å². The third kappa shape index (κ3) is 4.02. The van der Waals surface area contributed by atoms with Gasteiger partial charge >= 0.3 is 0 Å². The van der Waals surface area contributed by atoms with Crippen LogP contribution in [-0.2, 0) is 14.2 Å². The minimum Gasteiger partial charge on any atom is -0.381 e. The maximum atomic E-state index is 7.39. The van der Waals surface area contributed by atoms with E-state index in [2.05, 4.69) is 82.7 Å². The van der Waals surface area contributed by atoms with E-state index in [1.54, 1.807) is 0 Å². The van der Waals surface area contributed by atoms with Crippen LogP contribution >= 0.6 is 0 Å². The van der Waals surface area contributed by atoms with E-state index in [9.17, 15) is 0 Å². The summed E-state index contributed by atoms with van der Waals surface area (Å²) in [7, 11) is -8.93. The Morgan fingerprint density at radius 2 is 0.743 bits per heavy atom. The Morgan fingerprint density at radius 3 is 0.914 bits per heavy atom. The summed E-state index contributed by atoms with van der Waals surface area (Å²) in [6.07, 6.45) is 10.5. The van der Waals surface area contributed by atoms with Crippen molar-refractivity contribution in [2.45, 2.75) is 118 Å². The van der Waals surface area contributed by atoms with E-state index in [0.29, 0.717) is 0 Å². The lowest BCUT2D eigenvalue weighted by Crippen LogP contribution is -2.95. The van der Waals surface area contributed by atoms with Gasteiger partial charge < -0.3 is 14.2 Å². The van der Waals surface area contributed by atoms with Gasteiger partial charge in [0.1, 0.15) is 32.3 Å². The molecule has 3 aliphatic heterocycles. The first-order valence-corrected chi connectivity index (χ1v) is 25.9. The summed E-state index contributed by atoms with van der Waals surface area (Å²) < 4.78 is 22.2. The summed E-state index contributed by atoms with van der Waals surface area (Å²) >= 11 is 0. The third-order valence-corrected chi connectivity index (χ3v) is 37.7. The molecule has 3 aliphatic rings. The van der Waals surface area contributed by atoms with E-state index in [1.165, 1.54) is 19.3 Å². The summed E-state index contributed by atoms with van der Waals surface area (Å²) in [6.45, 7) is 33.8. The van der Waals surface area contributed by atoms with Crippen molar-refractivity contribution in [3.05, 3.63) is 36.8 Å². The van der Waals surface area contributed by atoms with Gasteiger partial charge in [0.15, 0.2) is 0 Å². The van der Waals surface area contributed by atoms with Gasteiger partial charge in [-0.2, -0.15) is 0 Å². The summed E-state index contributed by atoms with van der Waals surface area (Å²) in [4.78, 5) is -0.556. The minimum absolute atomic E-state index is 0.185. The van der Waals surface area contributed by atoms with Gasteiger partial charge in [-0.15, -0.1) is 19.7 Å². The van der Waals surface area contributed by atoms with Crippen molar-refractivity contribution in [3.8, 4) is 0 Å². The molecule has 0 radical (unpaired) electrons. The van der Waals surface area contributed by atoms with Crippen LogP contribution in [0, 0.1) is 0 Å². The summed E-state index contributed by atoms with van der Waals surface area (Å²) in [6, 6.07) is 0. The van der Waals surface area contributed by atoms with E-state index in [4.69, 9.17) is 14.2 Å². The predicted octanol–water partition coefficient (Wildman–Crippen LogP) is 7.42. The molecule has 3 saturated heterocycles. The average Bonchev–Trinajstić information content (AvgIpc) is 2.88. The molecule has 3 unspecified atom stereocenters. The first-order chi connectivity index (χ1) is 16.3. The second-order valence-corrected chi connectivity index (χ2v) is 33.5. The van der Waals surface area contributed by atoms with Gasteiger partial charge in [0, 0.05) is 19.8 Å². The van der Waals surface area contributed by atoms with Crippen LogP contribution in [0.25, 0.3) is 0 Å². The average molecular weight is 551 g/mol. The summed E-state index contributed by atoms with van der Waals surface area (Å²) in [5.41, 5.74) is 7.00. The van der Waals surface area contributed by atoms with E-state index in [1.807, 2.05) is 0 Å². The van der Waals surface area contributed by atoms with Crippen molar-refractivity contribution in [1.82, 2.24) is 0 Å². The van der Waals surface area contributed by atoms with Crippen molar-refractivity contribution >= 4 is 32.3 Å². The molecule has 0 aromatic heterocycles. The highest BCUT2D eigenvalue weighted by atomic mass is 28.4. The molecule has 0 spiro atoms. The van der Waals surface area contributed by atoms with E-state index in [0.717, 1.165) is 58.3 Å². The predicted molar refractivity (Wildman–Crippen MR) is 162 cm³/mol. The standard InChI is InChI=1S/C28H54O3Si4/c1-11-32(4,5)26(20-14-17-23-29-26)35(10,27(33(6,7)12-2)21-15-18-24-30-27)28(34(8,9)13-3)22-16-19-25-31-28/h11-13H,1-3,14-25H2,4-10H3. The topological polar surface area (TPSA) is 27.7 Å². The van der Waals surface area contributed by atoms with Gasteiger partial charge in [-0.1, -0.05) is 62.9 Å². The van der Waals surface area contributed by atoms with Crippen LogP contribution in [0.1, 0.15) is 57.8 Å². The van der Waals surface area contributed by atoms with Gasteiger partial charge in [0.25, 0.3) is 0 Å². The number of ether oxygens (including phenoxy) is 3. The quantitative estimate of drug-likeness (QED) is 0.280. The molecule has 3 atom stereocenters. The monoisotopic (exact) mass is 550 g/mol. The zero-order valence-corrected chi connectivity index (χ0v) is 28.1. The SMILES string of the molecule is C=C[Si](C)(C)C1([Si](C)(C2([Si](C)(C)C=C)CCCCO2)C2([Si](C)(C)C=C)CCCCO2)CCCCO1. The minimum atomic E-state index is -2.66. The fourth-order valence-corrected chi connectivity index (χ4v) is 39.7. The Balaban J connectivity index is 2.55. The lowest BCUT2D eigenvalue weighted by molar-refractivity contribution is -0.0460. The van der Waals surface area contributed by atoms with Gasteiger partial charge in [-0.25, -0.2) is 0 Å². The molecule has 0 amide bonds. The van der Waals surface area contributed by atoms with Crippen molar-refractivity contribution < 1.29 is 14.2 Å². The van der Waals surface area contributed by atoms with Crippen LogP contribution in [0.15, 0.2) is 36.8 Å². The number of hydrogen-bond acceptors (Lipinski definition) is 3. The molecule has 0 aromatic carbocycles.